The minimum absolute atomic E-state index is 0.00588. The molecule has 126 valence electrons. The SMILES string of the molecule is Cc1ccnc(NC2CCN(S(=O)(=O)C3CC3)CC2)c1[N+](=O)[O-]. The molecular formula is C14H20N4O4S. The Morgan fingerprint density at radius 3 is 2.52 bits per heavy atom. The first-order valence-electron chi connectivity index (χ1n) is 7.75. The van der Waals surface area contributed by atoms with Gasteiger partial charge in [-0.2, -0.15) is 0 Å². The van der Waals surface area contributed by atoms with Gasteiger partial charge in [0.25, 0.3) is 0 Å². The molecular weight excluding hydrogens is 320 g/mol. The van der Waals surface area contributed by atoms with Crippen LogP contribution in [0, 0.1) is 17.0 Å². The maximum atomic E-state index is 12.2. The molecule has 23 heavy (non-hydrogen) atoms. The molecule has 3 rings (SSSR count). The molecule has 2 heterocycles. The van der Waals surface area contributed by atoms with E-state index in [9.17, 15) is 18.5 Å². The molecule has 2 fully saturated rings. The van der Waals surface area contributed by atoms with Crippen LogP contribution in [0.15, 0.2) is 12.3 Å². The van der Waals surface area contributed by atoms with E-state index in [1.807, 2.05) is 0 Å². The second-order valence-corrected chi connectivity index (χ2v) is 8.36. The molecule has 0 unspecified atom stereocenters. The molecule has 1 aromatic heterocycles. The number of nitrogens with one attached hydrogen (secondary N) is 1. The van der Waals surface area contributed by atoms with Crippen LogP contribution in [0.25, 0.3) is 0 Å². The highest BCUT2D eigenvalue weighted by Crippen LogP contribution is 2.33. The average Bonchev–Trinajstić information content (AvgIpc) is 3.32. The van der Waals surface area contributed by atoms with E-state index in [0.717, 1.165) is 12.8 Å². The van der Waals surface area contributed by atoms with Gasteiger partial charge in [-0.25, -0.2) is 17.7 Å². The first-order valence-corrected chi connectivity index (χ1v) is 9.25. The number of rotatable bonds is 5. The summed E-state index contributed by atoms with van der Waals surface area (Å²) in [7, 11) is -3.13. The number of anilines is 1. The van der Waals surface area contributed by atoms with Crippen molar-refractivity contribution in [3.63, 3.8) is 0 Å². The van der Waals surface area contributed by atoms with Gasteiger partial charge < -0.3 is 5.32 Å². The highest BCUT2D eigenvalue weighted by molar-refractivity contribution is 7.90. The van der Waals surface area contributed by atoms with Crippen LogP contribution < -0.4 is 5.32 Å². The smallest absolute Gasteiger partial charge is 0.314 e. The zero-order chi connectivity index (χ0) is 16.6. The van der Waals surface area contributed by atoms with Crippen molar-refractivity contribution in [2.45, 2.75) is 43.9 Å². The Morgan fingerprint density at radius 1 is 1.30 bits per heavy atom. The van der Waals surface area contributed by atoms with Gasteiger partial charge in [-0.1, -0.05) is 0 Å². The van der Waals surface area contributed by atoms with Crippen LogP contribution in [0.2, 0.25) is 0 Å². The molecule has 0 aromatic carbocycles. The monoisotopic (exact) mass is 340 g/mol. The number of nitro groups is 1. The summed E-state index contributed by atoms with van der Waals surface area (Å²) in [4.78, 5) is 14.8. The maximum Gasteiger partial charge on any atom is 0.314 e. The number of sulfonamides is 1. The summed E-state index contributed by atoms with van der Waals surface area (Å²) in [5.41, 5.74) is 0.543. The lowest BCUT2D eigenvalue weighted by atomic mass is 10.1. The topological polar surface area (TPSA) is 105 Å². The molecule has 2 aliphatic rings. The number of piperidine rings is 1. The molecule has 1 saturated heterocycles. The first kappa shape index (κ1) is 16.1. The largest absolute Gasteiger partial charge is 0.362 e. The fraction of sp³-hybridized carbons (Fsp3) is 0.643. The Kier molecular flexibility index (Phi) is 4.24. The summed E-state index contributed by atoms with van der Waals surface area (Å²) < 4.78 is 26.0. The lowest BCUT2D eigenvalue weighted by Gasteiger charge is -2.31. The molecule has 1 aromatic rings. The van der Waals surface area contributed by atoms with Crippen molar-refractivity contribution in [2.75, 3.05) is 18.4 Å². The van der Waals surface area contributed by atoms with E-state index < -0.39 is 14.9 Å². The molecule has 1 aliphatic carbocycles. The molecule has 1 N–H and O–H groups in total. The summed E-state index contributed by atoms with van der Waals surface area (Å²) in [5.74, 6) is 0.263. The highest BCUT2D eigenvalue weighted by Gasteiger charge is 2.41. The van der Waals surface area contributed by atoms with Gasteiger partial charge in [-0.05, 0) is 38.7 Å². The van der Waals surface area contributed by atoms with Crippen LogP contribution in [0.3, 0.4) is 0 Å². The standard InChI is InChI=1S/C14H20N4O4S/c1-10-4-7-15-14(13(10)18(19)20)16-11-5-8-17(9-6-11)23(21,22)12-2-3-12/h4,7,11-12H,2-3,5-6,8-9H2,1H3,(H,15,16). The van der Waals surface area contributed by atoms with Crippen molar-refractivity contribution in [1.29, 1.82) is 0 Å². The number of aromatic nitrogens is 1. The van der Waals surface area contributed by atoms with Gasteiger partial charge in [0.1, 0.15) is 0 Å². The quantitative estimate of drug-likeness (QED) is 0.645. The average molecular weight is 340 g/mol. The molecule has 8 nitrogen and oxygen atoms in total. The number of hydrogen-bond acceptors (Lipinski definition) is 6. The first-order chi connectivity index (χ1) is 10.9. The summed E-state index contributed by atoms with van der Waals surface area (Å²) in [5, 5.41) is 14.1. The molecule has 0 amide bonds. The van der Waals surface area contributed by atoms with Gasteiger partial charge in [0.15, 0.2) is 0 Å². The maximum absolute atomic E-state index is 12.2. The van der Waals surface area contributed by atoms with Crippen LogP contribution in [0.5, 0.6) is 0 Å². The van der Waals surface area contributed by atoms with E-state index in [1.54, 1.807) is 17.3 Å². The minimum atomic E-state index is -3.13. The second-order valence-electron chi connectivity index (χ2n) is 6.14. The van der Waals surface area contributed by atoms with Crippen molar-refractivity contribution < 1.29 is 13.3 Å². The lowest BCUT2D eigenvalue weighted by molar-refractivity contribution is -0.384. The molecule has 0 atom stereocenters. The van der Waals surface area contributed by atoms with Gasteiger partial charge in [0, 0.05) is 30.9 Å². The van der Waals surface area contributed by atoms with E-state index >= 15 is 0 Å². The van der Waals surface area contributed by atoms with Gasteiger partial charge >= 0.3 is 5.69 Å². The van der Waals surface area contributed by atoms with Gasteiger partial charge in [-0.15, -0.1) is 0 Å². The van der Waals surface area contributed by atoms with Gasteiger partial charge in [-0.3, -0.25) is 10.1 Å². The normalized spacial score (nSPS) is 20.4. The summed E-state index contributed by atoms with van der Waals surface area (Å²) in [6.07, 6.45) is 4.31. The van der Waals surface area contributed by atoms with E-state index in [4.69, 9.17) is 0 Å². The third-order valence-electron chi connectivity index (χ3n) is 4.41. The fourth-order valence-electron chi connectivity index (χ4n) is 2.91. The third kappa shape index (κ3) is 3.30. The zero-order valence-electron chi connectivity index (χ0n) is 12.9. The van der Waals surface area contributed by atoms with Gasteiger partial charge in [0.2, 0.25) is 15.8 Å². The Morgan fingerprint density at radius 2 is 1.96 bits per heavy atom. The molecule has 9 heteroatoms. The summed E-state index contributed by atoms with van der Waals surface area (Å²) >= 11 is 0. The van der Waals surface area contributed by atoms with E-state index in [-0.39, 0.29) is 22.8 Å². The van der Waals surface area contributed by atoms with Crippen molar-refractivity contribution >= 4 is 21.5 Å². The van der Waals surface area contributed by atoms with Crippen molar-refractivity contribution in [3.8, 4) is 0 Å². The van der Waals surface area contributed by atoms with E-state index in [0.29, 0.717) is 31.5 Å². The van der Waals surface area contributed by atoms with E-state index in [2.05, 4.69) is 10.3 Å². The Balaban J connectivity index is 1.66. The molecule has 0 radical (unpaired) electrons. The molecule has 1 saturated carbocycles. The Bertz CT molecular complexity index is 709. The zero-order valence-corrected chi connectivity index (χ0v) is 13.8. The van der Waals surface area contributed by atoms with Crippen molar-refractivity contribution in [3.05, 3.63) is 27.9 Å². The number of nitrogens with zero attached hydrogens (tertiary/aromatic N) is 3. The predicted octanol–water partition coefficient (Wildman–Crippen LogP) is 1.67. The second kappa shape index (κ2) is 6.04. The lowest BCUT2D eigenvalue weighted by Crippen LogP contribution is -2.43. The van der Waals surface area contributed by atoms with E-state index in [1.165, 1.54) is 6.20 Å². The molecule has 1 aliphatic heterocycles. The van der Waals surface area contributed by atoms with Crippen molar-refractivity contribution in [2.24, 2.45) is 0 Å². The van der Waals surface area contributed by atoms with Crippen LogP contribution in [-0.2, 0) is 10.0 Å². The minimum Gasteiger partial charge on any atom is -0.362 e. The summed E-state index contributed by atoms with van der Waals surface area (Å²) in [6, 6.07) is 1.60. The number of pyridine rings is 1. The van der Waals surface area contributed by atoms with Crippen LogP contribution >= 0.6 is 0 Å². The van der Waals surface area contributed by atoms with Crippen molar-refractivity contribution in [1.82, 2.24) is 9.29 Å². The highest BCUT2D eigenvalue weighted by atomic mass is 32.2. The van der Waals surface area contributed by atoms with Crippen LogP contribution in [-0.4, -0.2) is 47.0 Å². The Labute approximate surface area is 135 Å². The van der Waals surface area contributed by atoms with Crippen LogP contribution in [0.4, 0.5) is 11.5 Å². The van der Waals surface area contributed by atoms with Gasteiger partial charge in [0.05, 0.1) is 10.2 Å². The number of hydrogen-bond donors (Lipinski definition) is 1. The summed E-state index contributed by atoms with van der Waals surface area (Å²) in [6.45, 7) is 2.59. The molecule has 0 bridgehead atoms. The molecule has 0 spiro atoms. The number of aryl methyl sites for hydroxylation is 1. The van der Waals surface area contributed by atoms with Crippen LogP contribution in [0.1, 0.15) is 31.2 Å². The predicted molar refractivity (Wildman–Crippen MR) is 85.8 cm³/mol. The Hall–Kier alpha value is -1.74. The third-order valence-corrected chi connectivity index (χ3v) is 6.81. The fourth-order valence-corrected chi connectivity index (χ4v) is 4.78.